The van der Waals surface area contributed by atoms with Crippen LogP contribution in [0.5, 0.6) is 5.75 Å². The molecule has 5 heteroatoms. The summed E-state index contributed by atoms with van der Waals surface area (Å²) in [7, 11) is 0. The van der Waals surface area contributed by atoms with Gasteiger partial charge in [-0.3, -0.25) is 4.79 Å². The second kappa shape index (κ2) is 8.87. The summed E-state index contributed by atoms with van der Waals surface area (Å²) in [5.74, 6) is -0.741. The summed E-state index contributed by atoms with van der Waals surface area (Å²) in [5, 5.41) is 9.23. The van der Waals surface area contributed by atoms with Gasteiger partial charge in [0, 0.05) is 13.1 Å². The van der Waals surface area contributed by atoms with Crippen LogP contribution in [0.4, 0.5) is 0 Å². The van der Waals surface area contributed by atoms with Crippen molar-refractivity contribution in [2.24, 2.45) is 0 Å². The van der Waals surface area contributed by atoms with E-state index >= 15 is 0 Å². The maximum Gasteiger partial charge on any atom is 0.338 e. The summed E-state index contributed by atoms with van der Waals surface area (Å²) in [4.78, 5) is 26.1. The Labute approximate surface area is 147 Å². The van der Waals surface area contributed by atoms with Crippen molar-refractivity contribution in [2.75, 3.05) is 13.2 Å². The average Bonchev–Trinajstić information content (AvgIpc) is 2.61. The molecule has 1 N–H and O–H groups in total. The molecule has 0 saturated heterocycles. The van der Waals surface area contributed by atoms with Gasteiger partial charge in [-0.1, -0.05) is 36.8 Å². The van der Waals surface area contributed by atoms with Gasteiger partial charge in [0.15, 0.2) is 6.61 Å². The molecule has 2 aromatic carbocycles. The Morgan fingerprint density at radius 3 is 2.28 bits per heavy atom. The lowest BCUT2D eigenvalue weighted by molar-refractivity contribution is -0.135. The molecule has 0 unspecified atom stereocenters. The van der Waals surface area contributed by atoms with Crippen molar-refractivity contribution in [2.45, 2.75) is 26.8 Å². The van der Waals surface area contributed by atoms with Crippen LogP contribution >= 0.6 is 0 Å². The molecule has 2 rings (SSSR count). The Bertz CT molecular complexity index is 707. The van der Waals surface area contributed by atoms with Gasteiger partial charge < -0.3 is 14.7 Å². The number of carbonyl (C=O) groups excluding carboxylic acids is 2. The molecule has 132 valence electrons. The van der Waals surface area contributed by atoms with E-state index in [4.69, 9.17) is 4.74 Å². The molecule has 0 heterocycles. The predicted molar refractivity (Wildman–Crippen MR) is 95.3 cm³/mol. The molecule has 0 bridgehead atoms. The van der Waals surface area contributed by atoms with Crippen molar-refractivity contribution in [3.8, 4) is 5.75 Å². The summed E-state index contributed by atoms with van der Waals surface area (Å²) in [6.45, 7) is 4.80. The van der Waals surface area contributed by atoms with E-state index in [2.05, 4.69) is 0 Å². The molecular weight excluding hydrogens is 318 g/mol. The molecule has 0 atom stereocenters. The van der Waals surface area contributed by atoms with Crippen LogP contribution in [-0.2, 0) is 16.1 Å². The van der Waals surface area contributed by atoms with Crippen molar-refractivity contribution in [3.05, 3.63) is 65.2 Å². The van der Waals surface area contributed by atoms with Crippen LogP contribution in [0.3, 0.4) is 0 Å². The third-order valence-corrected chi connectivity index (χ3v) is 3.77. The van der Waals surface area contributed by atoms with Crippen LogP contribution in [0.1, 0.15) is 34.8 Å². The van der Waals surface area contributed by atoms with Gasteiger partial charge in [0.1, 0.15) is 5.75 Å². The maximum absolute atomic E-state index is 12.4. The molecule has 0 aliphatic carbocycles. The molecule has 25 heavy (non-hydrogen) atoms. The molecule has 5 nitrogen and oxygen atoms in total. The number of esters is 1. The molecule has 0 spiro atoms. The van der Waals surface area contributed by atoms with Gasteiger partial charge >= 0.3 is 5.97 Å². The number of carbonyl (C=O) groups is 2. The van der Waals surface area contributed by atoms with E-state index in [1.54, 1.807) is 4.90 Å². The van der Waals surface area contributed by atoms with E-state index in [0.717, 1.165) is 12.0 Å². The van der Waals surface area contributed by atoms with Gasteiger partial charge in [0.25, 0.3) is 5.91 Å². The minimum absolute atomic E-state index is 0.0693. The number of aromatic hydroxyl groups is 1. The molecule has 0 aliphatic heterocycles. The third-order valence-electron chi connectivity index (χ3n) is 3.77. The Balaban J connectivity index is 1.94. The van der Waals surface area contributed by atoms with E-state index in [1.165, 1.54) is 29.8 Å². The number of ether oxygens (including phenoxy) is 1. The first-order valence-corrected chi connectivity index (χ1v) is 8.29. The third kappa shape index (κ3) is 5.64. The van der Waals surface area contributed by atoms with Crippen molar-refractivity contribution in [1.82, 2.24) is 4.90 Å². The quantitative estimate of drug-likeness (QED) is 0.785. The summed E-state index contributed by atoms with van der Waals surface area (Å²) in [6.07, 6.45) is 0.823. The molecule has 0 saturated carbocycles. The zero-order valence-corrected chi connectivity index (χ0v) is 14.6. The summed E-state index contributed by atoms with van der Waals surface area (Å²) < 4.78 is 5.10. The Morgan fingerprint density at radius 1 is 1.04 bits per heavy atom. The highest BCUT2D eigenvalue weighted by molar-refractivity contribution is 5.91. The largest absolute Gasteiger partial charge is 0.508 e. The van der Waals surface area contributed by atoms with Crippen LogP contribution in [0.25, 0.3) is 0 Å². The summed E-state index contributed by atoms with van der Waals surface area (Å²) in [5.41, 5.74) is 2.50. The molecule has 0 aliphatic rings. The molecule has 2 aromatic rings. The van der Waals surface area contributed by atoms with E-state index in [-0.39, 0.29) is 18.3 Å². The van der Waals surface area contributed by atoms with Gasteiger partial charge in [-0.25, -0.2) is 4.79 Å². The first kappa shape index (κ1) is 18.5. The fraction of sp³-hybridized carbons (Fsp3) is 0.300. The van der Waals surface area contributed by atoms with Gasteiger partial charge in [0.2, 0.25) is 0 Å². The highest BCUT2D eigenvalue weighted by Gasteiger charge is 2.16. The number of hydrogen-bond acceptors (Lipinski definition) is 4. The van der Waals surface area contributed by atoms with Crippen LogP contribution in [0.15, 0.2) is 48.5 Å². The minimum Gasteiger partial charge on any atom is -0.508 e. The molecule has 0 fully saturated rings. The lowest BCUT2D eigenvalue weighted by Gasteiger charge is -2.22. The Kier molecular flexibility index (Phi) is 6.57. The minimum atomic E-state index is -0.583. The van der Waals surface area contributed by atoms with Crippen molar-refractivity contribution in [3.63, 3.8) is 0 Å². The smallest absolute Gasteiger partial charge is 0.338 e. The Hall–Kier alpha value is -2.82. The van der Waals surface area contributed by atoms with E-state index < -0.39 is 5.97 Å². The molecule has 0 aromatic heterocycles. The van der Waals surface area contributed by atoms with Gasteiger partial charge in [-0.05, 0) is 43.2 Å². The van der Waals surface area contributed by atoms with E-state index in [1.807, 2.05) is 38.1 Å². The number of benzene rings is 2. The topological polar surface area (TPSA) is 66.8 Å². The van der Waals surface area contributed by atoms with Gasteiger partial charge in [-0.2, -0.15) is 0 Å². The lowest BCUT2D eigenvalue weighted by atomic mass is 10.1. The van der Waals surface area contributed by atoms with Crippen molar-refractivity contribution < 1.29 is 19.4 Å². The van der Waals surface area contributed by atoms with Crippen LogP contribution in [-0.4, -0.2) is 35.0 Å². The van der Waals surface area contributed by atoms with Gasteiger partial charge in [0.05, 0.1) is 5.56 Å². The molecule has 0 radical (unpaired) electrons. The normalized spacial score (nSPS) is 10.3. The zero-order chi connectivity index (χ0) is 18.2. The van der Waals surface area contributed by atoms with Crippen molar-refractivity contribution >= 4 is 11.9 Å². The first-order chi connectivity index (χ1) is 12.0. The number of amides is 1. The highest BCUT2D eigenvalue weighted by atomic mass is 16.5. The lowest BCUT2D eigenvalue weighted by Crippen LogP contribution is -2.34. The second-order valence-corrected chi connectivity index (χ2v) is 5.92. The average molecular weight is 341 g/mol. The van der Waals surface area contributed by atoms with Crippen LogP contribution in [0, 0.1) is 6.92 Å². The fourth-order valence-corrected chi connectivity index (χ4v) is 2.38. The number of aryl methyl sites for hydroxylation is 1. The zero-order valence-electron chi connectivity index (χ0n) is 14.6. The van der Waals surface area contributed by atoms with E-state index in [9.17, 15) is 14.7 Å². The van der Waals surface area contributed by atoms with Crippen molar-refractivity contribution in [1.29, 1.82) is 0 Å². The number of rotatable bonds is 7. The summed E-state index contributed by atoms with van der Waals surface area (Å²) in [6, 6.07) is 13.7. The standard InChI is InChI=1S/C20H23NO4/c1-3-12-21(13-16-6-4-15(2)5-7-16)19(23)14-25-20(24)17-8-10-18(22)11-9-17/h4-11,22H,3,12-14H2,1-2H3. The maximum atomic E-state index is 12.4. The molecule has 1 amide bonds. The van der Waals surface area contributed by atoms with E-state index in [0.29, 0.717) is 18.7 Å². The molecular formula is C20H23NO4. The second-order valence-electron chi connectivity index (χ2n) is 5.92. The van der Waals surface area contributed by atoms with Crippen LogP contribution in [0.2, 0.25) is 0 Å². The van der Waals surface area contributed by atoms with Crippen LogP contribution < -0.4 is 0 Å². The Morgan fingerprint density at radius 2 is 1.68 bits per heavy atom. The van der Waals surface area contributed by atoms with Gasteiger partial charge in [-0.15, -0.1) is 0 Å². The number of phenolic OH excluding ortho intramolecular Hbond substituents is 1. The predicted octanol–water partition coefficient (Wildman–Crippen LogP) is 3.30. The number of nitrogens with zero attached hydrogens (tertiary/aromatic N) is 1. The monoisotopic (exact) mass is 341 g/mol. The summed E-state index contributed by atoms with van der Waals surface area (Å²) >= 11 is 0. The fourth-order valence-electron chi connectivity index (χ4n) is 2.38. The SMILES string of the molecule is CCCN(Cc1ccc(C)cc1)C(=O)COC(=O)c1ccc(O)cc1. The highest BCUT2D eigenvalue weighted by Crippen LogP contribution is 2.11. The number of hydrogen-bond donors (Lipinski definition) is 1. The number of phenols is 1. The first-order valence-electron chi connectivity index (χ1n) is 8.29.